The van der Waals surface area contributed by atoms with Gasteiger partial charge in [-0.1, -0.05) is 0 Å². The number of anilines is 2. The van der Waals surface area contributed by atoms with Crippen molar-refractivity contribution in [1.29, 1.82) is 0 Å². The number of halogens is 1. The molecule has 1 aromatic heterocycles. The van der Waals surface area contributed by atoms with E-state index in [1.54, 1.807) is 4.90 Å². The minimum atomic E-state index is 0.0560. The standard InChI is InChI=1S/C12H20BrN5O/c1-4-14-11-10(13)12(17-8-16-11)15-7-9(19)18(5-2)6-3/h8H,4-7H2,1-3H3,(H2,14,15,16,17). The molecule has 0 spiro atoms. The van der Waals surface area contributed by atoms with E-state index in [0.717, 1.165) is 16.8 Å². The van der Waals surface area contributed by atoms with Crippen molar-refractivity contribution < 1.29 is 4.79 Å². The van der Waals surface area contributed by atoms with Crippen molar-refractivity contribution in [2.45, 2.75) is 20.8 Å². The molecule has 1 amide bonds. The van der Waals surface area contributed by atoms with Crippen LogP contribution in [0.25, 0.3) is 0 Å². The summed E-state index contributed by atoms with van der Waals surface area (Å²) in [6, 6.07) is 0. The summed E-state index contributed by atoms with van der Waals surface area (Å²) < 4.78 is 0.740. The lowest BCUT2D eigenvalue weighted by Crippen LogP contribution is -2.35. The molecule has 106 valence electrons. The SMILES string of the molecule is CCNc1ncnc(NCC(=O)N(CC)CC)c1Br. The van der Waals surface area contributed by atoms with Gasteiger partial charge in [0.1, 0.15) is 22.4 Å². The zero-order valence-corrected chi connectivity index (χ0v) is 13.1. The Bertz CT molecular complexity index is 423. The van der Waals surface area contributed by atoms with Crippen LogP contribution in [0.5, 0.6) is 0 Å². The number of carbonyl (C=O) groups is 1. The predicted octanol–water partition coefficient (Wildman–Crippen LogP) is 1.95. The van der Waals surface area contributed by atoms with Crippen LogP contribution in [0.15, 0.2) is 10.8 Å². The highest BCUT2D eigenvalue weighted by atomic mass is 79.9. The van der Waals surface area contributed by atoms with Crippen molar-refractivity contribution >= 4 is 33.5 Å². The molecule has 0 aliphatic carbocycles. The zero-order valence-electron chi connectivity index (χ0n) is 11.5. The number of likely N-dealkylation sites (N-methyl/N-ethyl adjacent to an activating group) is 1. The summed E-state index contributed by atoms with van der Waals surface area (Å²) in [5.41, 5.74) is 0. The van der Waals surface area contributed by atoms with Gasteiger partial charge >= 0.3 is 0 Å². The summed E-state index contributed by atoms with van der Waals surface area (Å²) in [4.78, 5) is 21.9. The third kappa shape index (κ3) is 4.34. The lowest BCUT2D eigenvalue weighted by atomic mass is 10.4. The van der Waals surface area contributed by atoms with E-state index < -0.39 is 0 Å². The summed E-state index contributed by atoms with van der Waals surface area (Å²) in [5, 5.41) is 6.15. The van der Waals surface area contributed by atoms with Gasteiger partial charge in [-0.3, -0.25) is 4.79 Å². The Morgan fingerprint density at radius 1 is 1.21 bits per heavy atom. The predicted molar refractivity (Wildman–Crippen MR) is 80.3 cm³/mol. The van der Waals surface area contributed by atoms with Crippen LogP contribution in [-0.2, 0) is 4.79 Å². The molecule has 0 bridgehead atoms. The molecule has 19 heavy (non-hydrogen) atoms. The monoisotopic (exact) mass is 329 g/mol. The normalized spacial score (nSPS) is 10.1. The molecule has 0 aromatic carbocycles. The van der Waals surface area contributed by atoms with Crippen LogP contribution in [0.1, 0.15) is 20.8 Å². The van der Waals surface area contributed by atoms with E-state index in [1.165, 1.54) is 6.33 Å². The molecular formula is C12H20BrN5O. The van der Waals surface area contributed by atoms with Gasteiger partial charge in [0.15, 0.2) is 0 Å². The number of rotatable bonds is 7. The van der Waals surface area contributed by atoms with Crippen molar-refractivity contribution in [3.05, 3.63) is 10.8 Å². The van der Waals surface area contributed by atoms with Gasteiger partial charge in [0, 0.05) is 19.6 Å². The fraction of sp³-hybridized carbons (Fsp3) is 0.583. The van der Waals surface area contributed by atoms with Crippen LogP contribution in [0, 0.1) is 0 Å². The molecule has 1 aromatic rings. The second-order valence-electron chi connectivity index (χ2n) is 3.83. The molecule has 7 heteroatoms. The first-order chi connectivity index (χ1) is 9.13. The largest absolute Gasteiger partial charge is 0.369 e. The molecule has 0 fully saturated rings. The zero-order chi connectivity index (χ0) is 14.3. The van der Waals surface area contributed by atoms with Crippen LogP contribution < -0.4 is 10.6 Å². The quantitative estimate of drug-likeness (QED) is 0.800. The molecule has 0 radical (unpaired) electrons. The van der Waals surface area contributed by atoms with Gasteiger partial charge in [-0.2, -0.15) is 0 Å². The Morgan fingerprint density at radius 3 is 2.32 bits per heavy atom. The van der Waals surface area contributed by atoms with Crippen molar-refractivity contribution in [3.63, 3.8) is 0 Å². The van der Waals surface area contributed by atoms with Crippen molar-refractivity contribution in [1.82, 2.24) is 14.9 Å². The summed E-state index contributed by atoms with van der Waals surface area (Å²) in [7, 11) is 0. The molecule has 0 saturated heterocycles. The molecule has 0 atom stereocenters. The van der Waals surface area contributed by atoms with Gasteiger partial charge in [-0.05, 0) is 36.7 Å². The lowest BCUT2D eigenvalue weighted by Gasteiger charge is -2.19. The highest BCUT2D eigenvalue weighted by molar-refractivity contribution is 9.10. The van der Waals surface area contributed by atoms with E-state index in [2.05, 4.69) is 36.5 Å². The number of nitrogens with one attached hydrogen (secondary N) is 2. The average molecular weight is 330 g/mol. The van der Waals surface area contributed by atoms with Gasteiger partial charge in [0.2, 0.25) is 5.91 Å². The molecule has 6 nitrogen and oxygen atoms in total. The first-order valence-corrected chi connectivity index (χ1v) is 7.19. The maximum Gasteiger partial charge on any atom is 0.241 e. The maximum atomic E-state index is 11.9. The molecule has 2 N–H and O–H groups in total. The molecular weight excluding hydrogens is 310 g/mol. The van der Waals surface area contributed by atoms with E-state index in [0.29, 0.717) is 18.9 Å². The van der Waals surface area contributed by atoms with Crippen molar-refractivity contribution in [2.24, 2.45) is 0 Å². The molecule has 0 aliphatic heterocycles. The first-order valence-electron chi connectivity index (χ1n) is 6.39. The van der Waals surface area contributed by atoms with Crippen molar-refractivity contribution in [2.75, 3.05) is 36.8 Å². The van der Waals surface area contributed by atoms with Crippen LogP contribution in [0.2, 0.25) is 0 Å². The number of nitrogens with zero attached hydrogens (tertiary/aromatic N) is 3. The Hall–Kier alpha value is -1.37. The van der Waals surface area contributed by atoms with E-state index in [-0.39, 0.29) is 12.5 Å². The minimum Gasteiger partial charge on any atom is -0.369 e. The van der Waals surface area contributed by atoms with E-state index in [9.17, 15) is 4.79 Å². The topological polar surface area (TPSA) is 70.1 Å². The van der Waals surface area contributed by atoms with E-state index in [1.807, 2.05) is 20.8 Å². The Morgan fingerprint density at radius 2 is 1.79 bits per heavy atom. The summed E-state index contributed by atoms with van der Waals surface area (Å²) in [5.74, 6) is 1.39. The summed E-state index contributed by atoms with van der Waals surface area (Å²) in [6.07, 6.45) is 1.47. The Kier molecular flexibility index (Phi) is 6.55. The Labute approximate surface area is 122 Å². The fourth-order valence-corrected chi connectivity index (χ4v) is 2.12. The molecule has 0 saturated carbocycles. The summed E-state index contributed by atoms with van der Waals surface area (Å²) in [6.45, 7) is 8.34. The number of carbonyl (C=O) groups excluding carboxylic acids is 1. The van der Waals surface area contributed by atoms with E-state index in [4.69, 9.17) is 0 Å². The average Bonchev–Trinajstić information content (AvgIpc) is 2.41. The smallest absolute Gasteiger partial charge is 0.241 e. The van der Waals surface area contributed by atoms with Crippen LogP contribution >= 0.6 is 15.9 Å². The molecule has 1 heterocycles. The summed E-state index contributed by atoms with van der Waals surface area (Å²) >= 11 is 3.43. The van der Waals surface area contributed by atoms with Gasteiger partial charge in [0.25, 0.3) is 0 Å². The second-order valence-corrected chi connectivity index (χ2v) is 4.63. The van der Waals surface area contributed by atoms with Crippen LogP contribution in [0.3, 0.4) is 0 Å². The maximum absolute atomic E-state index is 11.9. The highest BCUT2D eigenvalue weighted by Gasteiger charge is 2.12. The van der Waals surface area contributed by atoms with Gasteiger partial charge in [0.05, 0.1) is 6.54 Å². The number of hydrogen-bond donors (Lipinski definition) is 2. The molecule has 0 unspecified atom stereocenters. The van der Waals surface area contributed by atoms with Crippen LogP contribution in [0.4, 0.5) is 11.6 Å². The lowest BCUT2D eigenvalue weighted by molar-refractivity contribution is -0.128. The van der Waals surface area contributed by atoms with E-state index >= 15 is 0 Å². The third-order valence-electron chi connectivity index (χ3n) is 2.66. The molecule has 1 rings (SSSR count). The fourth-order valence-electron chi connectivity index (χ4n) is 1.63. The first kappa shape index (κ1) is 15.7. The minimum absolute atomic E-state index is 0.0560. The number of aromatic nitrogens is 2. The van der Waals surface area contributed by atoms with Crippen LogP contribution in [-0.4, -0.2) is 47.0 Å². The van der Waals surface area contributed by atoms with Gasteiger partial charge in [-0.15, -0.1) is 0 Å². The Balaban J connectivity index is 2.67. The third-order valence-corrected chi connectivity index (χ3v) is 3.41. The van der Waals surface area contributed by atoms with Gasteiger partial charge < -0.3 is 15.5 Å². The molecule has 0 aliphatic rings. The van der Waals surface area contributed by atoms with Gasteiger partial charge in [-0.25, -0.2) is 9.97 Å². The number of hydrogen-bond acceptors (Lipinski definition) is 5. The highest BCUT2D eigenvalue weighted by Crippen LogP contribution is 2.26. The number of amides is 1. The second kappa shape index (κ2) is 7.93. The van der Waals surface area contributed by atoms with Crippen molar-refractivity contribution in [3.8, 4) is 0 Å².